The van der Waals surface area contributed by atoms with E-state index in [0.717, 1.165) is 69.2 Å². The molecule has 0 N–H and O–H groups in total. The fourth-order valence-electron chi connectivity index (χ4n) is 4.43. The molecular weight excluding hydrogens is 338 g/mol. The Morgan fingerprint density at radius 3 is 2.85 bits per heavy atom. The molecule has 0 unspecified atom stereocenters. The maximum absolute atomic E-state index is 13.0. The van der Waals surface area contributed by atoms with E-state index >= 15 is 0 Å². The summed E-state index contributed by atoms with van der Waals surface area (Å²) in [5.74, 6) is 3.65. The monoisotopic (exact) mass is 365 g/mol. The molecule has 0 spiro atoms. The molecule has 1 aromatic heterocycles. The number of hydrogen-bond acceptors (Lipinski definition) is 3. The highest BCUT2D eigenvalue weighted by atomic mass is 16.5. The molecule has 2 fully saturated rings. The molecule has 2 aromatic rings. The third-order valence-electron chi connectivity index (χ3n) is 6.20. The second kappa shape index (κ2) is 7.02. The number of amides is 1. The molecule has 142 valence electrons. The average Bonchev–Trinajstić information content (AvgIpc) is 3.42. The highest BCUT2D eigenvalue weighted by Gasteiger charge is 2.29. The Morgan fingerprint density at radius 1 is 1.19 bits per heavy atom. The minimum absolute atomic E-state index is 0.156. The standard InChI is InChI=1S/C22H27N3O2/c26-22(19-5-6-20-18(14-19)2-1-13-27-20)24-10-7-17(8-11-24)21-23-9-12-25(21)15-16-3-4-16/h5-6,9,12,14,16-17H,1-4,7-8,10-11,13,15H2. The van der Waals surface area contributed by atoms with Gasteiger partial charge in [-0.3, -0.25) is 4.79 Å². The fraction of sp³-hybridized carbons (Fsp3) is 0.545. The van der Waals surface area contributed by atoms with E-state index in [1.165, 1.54) is 24.2 Å². The fourth-order valence-corrected chi connectivity index (χ4v) is 4.43. The zero-order valence-corrected chi connectivity index (χ0v) is 15.8. The van der Waals surface area contributed by atoms with Gasteiger partial charge in [-0.05, 0) is 68.2 Å². The van der Waals surface area contributed by atoms with Crippen LogP contribution in [0, 0.1) is 5.92 Å². The van der Waals surface area contributed by atoms with Crippen molar-refractivity contribution in [3.8, 4) is 5.75 Å². The molecule has 5 nitrogen and oxygen atoms in total. The molecule has 3 heterocycles. The molecule has 0 radical (unpaired) electrons. The molecule has 27 heavy (non-hydrogen) atoms. The lowest BCUT2D eigenvalue weighted by Gasteiger charge is -2.32. The number of piperidine rings is 1. The van der Waals surface area contributed by atoms with E-state index in [4.69, 9.17) is 4.74 Å². The van der Waals surface area contributed by atoms with Crippen molar-refractivity contribution in [3.63, 3.8) is 0 Å². The first-order valence-electron chi connectivity index (χ1n) is 10.3. The van der Waals surface area contributed by atoms with Crippen LogP contribution in [0.25, 0.3) is 0 Å². The van der Waals surface area contributed by atoms with E-state index in [2.05, 4.69) is 15.7 Å². The summed E-state index contributed by atoms with van der Waals surface area (Å²) in [7, 11) is 0. The Labute approximate surface area is 160 Å². The van der Waals surface area contributed by atoms with Crippen LogP contribution in [0.5, 0.6) is 5.75 Å². The van der Waals surface area contributed by atoms with E-state index in [9.17, 15) is 4.79 Å². The number of rotatable bonds is 4. The topological polar surface area (TPSA) is 47.4 Å². The third-order valence-corrected chi connectivity index (χ3v) is 6.20. The number of fused-ring (bicyclic) bond motifs is 1. The van der Waals surface area contributed by atoms with Crippen LogP contribution in [0.1, 0.15) is 59.8 Å². The van der Waals surface area contributed by atoms with Crippen molar-refractivity contribution in [3.05, 3.63) is 47.5 Å². The van der Waals surface area contributed by atoms with Gasteiger partial charge in [-0.15, -0.1) is 0 Å². The number of aryl methyl sites for hydroxylation is 1. The number of hydrogen-bond donors (Lipinski definition) is 0. The van der Waals surface area contributed by atoms with Crippen molar-refractivity contribution >= 4 is 5.91 Å². The van der Waals surface area contributed by atoms with Crippen LogP contribution in [0.3, 0.4) is 0 Å². The van der Waals surface area contributed by atoms with Crippen molar-refractivity contribution in [2.24, 2.45) is 5.92 Å². The summed E-state index contributed by atoms with van der Waals surface area (Å²) in [6.07, 6.45) is 10.8. The van der Waals surface area contributed by atoms with Crippen molar-refractivity contribution in [2.45, 2.75) is 51.0 Å². The maximum Gasteiger partial charge on any atom is 0.253 e. The van der Waals surface area contributed by atoms with Crippen LogP contribution in [0.2, 0.25) is 0 Å². The molecule has 1 aliphatic carbocycles. The number of benzene rings is 1. The lowest BCUT2D eigenvalue weighted by Crippen LogP contribution is -2.38. The summed E-state index contributed by atoms with van der Waals surface area (Å²) >= 11 is 0. The van der Waals surface area contributed by atoms with Crippen LogP contribution in [0.15, 0.2) is 30.6 Å². The predicted octanol–water partition coefficient (Wildman–Crippen LogP) is 3.64. The van der Waals surface area contributed by atoms with Gasteiger partial charge in [0.05, 0.1) is 6.61 Å². The highest BCUT2D eigenvalue weighted by molar-refractivity contribution is 5.94. The first kappa shape index (κ1) is 16.8. The first-order chi connectivity index (χ1) is 13.3. The Morgan fingerprint density at radius 2 is 2.04 bits per heavy atom. The number of carbonyl (C=O) groups is 1. The second-order valence-electron chi connectivity index (χ2n) is 8.22. The van der Waals surface area contributed by atoms with Gasteiger partial charge in [-0.25, -0.2) is 4.98 Å². The van der Waals surface area contributed by atoms with Gasteiger partial charge < -0.3 is 14.2 Å². The van der Waals surface area contributed by atoms with Gasteiger partial charge in [-0.2, -0.15) is 0 Å². The van der Waals surface area contributed by atoms with Gasteiger partial charge in [0.15, 0.2) is 0 Å². The smallest absolute Gasteiger partial charge is 0.253 e. The zero-order chi connectivity index (χ0) is 18.2. The molecule has 0 atom stereocenters. The largest absolute Gasteiger partial charge is 0.493 e. The lowest BCUT2D eigenvalue weighted by atomic mass is 9.95. The average molecular weight is 365 g/mol. The molecule has 3 aliphatic rings. The number of ether oxygens (including phenoxy) is 1. The van der Waals surface area contributed by atoms with E-state index in [0.29, 0.717) is 5.92 Å². The number of likely N-dealkylation sites (tertiary alicyclic amines) is 1. The van der Waals surface area contributed by atoms with Crippen molar-refractivity contribution in [1.82, 2.24) is 14.5 Å². The summed E-state index contributed by atoms with van der Waals surface area (Å²) in [6, 6.07) is 5.91. The van der Waals surface area contributed by atoms with Crippen LogP contribution >= 0.6 is 0 Å². The van der Waals surface area contributed by atoms with Crippen LogP contribution in [-0.2, 0) is 13.0 Å². The number of nitrogens with zero attached hydrogens (tertiary/aromatic N) is 3. The molecule has 0 bridgehead atoms. The number of carbonyl (C=O) groups excluding carboxylic acids is 1. The molecule has 1 aromatic carbocycles. The molecule has 2 aliphatic heterocycles. The molecule has 1 saturated carbocycles. The van der Waals surface area contributed by atoms with Gasteiger partial charge in [0, 0.05) is 43.5 Å². The summed E-state index contributed by atoms with van der Waals surface area (Å²) in [5.41, 5.74) is 1.97. The minimum atomic E-state index is 0.156. The Hall–Kier alpha value is -2.30. The second-order valence-corrected chi connectivity index (χ2v) is 8.22. The summed E-state index contributed by atoms with van der Waals surface area (Å²) in [5, 5.41) is 0. The third kappa shape index (κ3) is 3.47. The molecule has 1 amide bonds. The van der Waals surface area contributed by atoms with E-state index in [1.54, 1.807) is 0 Å². The van der Waals surface area contributed by atoms with Gasteiger partial charge in [0.2, 0.25) is 0 Å². The molecule has 1 saturated heterocycles. The summed E-state index contributed by atoms with van der Waals surface area (Å²) in [4.78, 5) is 19.6. The van der Waals surface area contributed by atoms with Gasteiger partial charge in [-0.1, -0.05) is 0 Å². The molecule has 5 rings (SSSR count). The molecular formula is C22H27N3O2. The van der Waals surface area contributed by atoms with Gasteiger partial charge in [0.25, 0.3) is 5.91 Å². The summed E-state index contributed by atoms with van der Waals surface area (Å²) < 4.78 is 8.02. The Bertz CT molecular complexity index is 832. The summed E-state index contributed by atoms with van der Waals surface area (Å²) in [6.45, 7) is 3.52. The van der Waals surface area contributed by atoms with E-state index < -0.39 is 0 Å². The van der Waals surface area contributed by atoms with E-state index in [1.807, 2.05) is 29.3 Å². The number of imidazole rings is 1. The Kier molecular flexibility index (Phi) is 4.38. The first-order valence-corrected chi connectivity index (χ1v) is 10.3. The van der Waals surface area contributed by atoms with Gasteiger partial charge in [0.1, 0.15) is 11.6 Å². The van der Waals surface area contributed by atoms with Crippen molar-refractivity contribution in [2.75, 3.05) is 19.7 Å². The van der Waals surface area contributed by atoms with Crippen LogP contribution < -0.4 is 4.74 Å². The quantitative estimate of drug-likeness (QED) is 0.831. The van der Waals surface area contributed by atoms with Crippen LogP contribution in [0.4, 0.5) is 0 Å². The number of aromatic nitrogens is 2. The minimum Gasteiger partial charge on any atom is -0.493 e. The lowest BCUT2D eigenvalue weighted by molar-refractivity contribution is 0.0710. The predicted molar refractivity (Wildman–Crippen MR) is 103 cm³/mol. The van der Waals surface area contributed by atoms with Crippen LogP contribution in [-0.4, -0.2) is 40.1 Å². The normalized spacial score (nSPS) is 20.2. The van der Waals surface area contributed by atoms with Crippen molar-refractivity contribution in [1.29, 1.82) is 0 Å². The van der Waals surface area contributed by atoms with E-state index in [-0.39, 0.29) is 5.91 Å². The van der Waals surface area contributed by atoms with Crippen molar-refractivity contribution < 1.29 is 9.53 Å². The van der Waals surface area contributed by atoms with Gasteiger partial charge >= 0.3 is 0 Å². The SMILES string of the molecule is O=C(c1ccc2c(c1)CCCO2)N1CCC(c2nccn2CC2CC2)CC1. The highest BCUT2D eigenvalue weighted by Crippen LogP contribution is 2.34. The maximum atomic E-state index is 13.0. The zero-order valence-electron chi connectivity index (χ0n) is 15.8. The molecule has 5 heteroatoms. The Balaban J connectivity index is 1.24.